The molecule has 6 rings (SSSR count). The maximum absolute atomic E-state index is 16.0. The van der Waals surface area contributed by atoms with Gasteiger partial charge in [0.05, 0.1) is 35.5 Å². The Kier molecular flexibility index (Phi) is 9.50. The number of benzene rings is 4. The second kappa shape index (κ2) is 14.2. The Hall–Kier alpha value is -5.93. The van der Waals surface area contributed by atoms with Crippen LogP contribution < -0.4 is 14.2 Å². The number of likely N-dealkylation sites (N-methyl/N-ethyl adjacent to an activating group) is 1. The molecule has 9 nitrogen and oxygen atoms in total. The van der Waals surface area contributed by atoms with E-state index in [-0.39, 0.29) is 35.0 Å². The van der Waals surface area contributed by atoms with Gasteiger partial charge in [0, 0.05) is 29.4 Å². The first-order valence-corrected chi connectivity index (χ1v) is 15.4. The summed E-state index contributed by atoms with van der Waals surface area (Å²) in [6.07, 6.45) is 0.788. The van der Waals surface area contributed by atoms with Crippen molar-refractivity contribution in [2.75, 3.05) is 20.1 Å². The average molecular weight is 665 g/mol. The number of nitriles is 1. The molecule has 0 atom stereocenters. The van der Waals surface area contributed by atoms with Gasteiger partial charge in [-0.15, -0.1) is 0 Å². The lowest BCUT2D eigenvalue weighted by Crippen LogP contribution is -2.24. The van der Waals surface area contributed by atoms with Gasteiger partial charge in [-0.2, -0.15) is 9.65 Å². The van der Waals surface area contributed by atoms with Gasteiger partial charge in [-0.25, -0.2) is 14.2 Å². The smallest absolute Gasteiger partial charge is 0.335 e. The van der Waals surface area contributed by atoms with Crippen LogP contribution in [0.15, 0.2) is 112 Å². The van der Waals surface area contributed by atoms with Gasteiger partial charge in [0.25, 0.3) is 5.88 Å². The number of hydrogen-bond donors (Lipinski definition) is 1. The van der Waals surface area contributed by atoms with Crippen LogP contribution in [0.2, 0.25) is 0 Å². The summed E-state index contributed by atoms with van der Waals surface area (Å²) in [7, 11) is 1.85. The second-order valence-electron chi connectivity index (χ2n) is 10.5. The molecule has 12 heteroatoms. The summed E-state index contributed by atoms with van der Waals surface area (Å²) < 4.78 is 48.7. The van der Waals surface area contributed by atoms with E-state index in [1.807, 2.05) is 48.3 Å². The van der Waals surface area contributed by atoms with Gasteiger partial charge in [0.1, 0.15) is 18.2 Å². The molecule has 0 unspecified atom stereocenters. The highest BCUT2D eigenvalue weighted by molar-refractivity contribution is 7.99. The molecule has 1 aromatic heterocycles. The fourth-order valence-corrected chi connectivity index (χ4v) is 5.64. The molecule has 48 heavy (non-hydrogen) atoms. The lowest BCUT2D eigenvalue weighted by molar-refractivity contribution is 0.0696. The van der Waals surface area contributed by atoms with Crippen molar-refractivity contribution in [2.45, 2.75) is 16.4 Å². The highest BCUT2D eigenvalue weighted by Gasteiger charge is 2.25. The van der Waals surface area contributed by atoms with Crippen molar-refractivity contribution in [1.82, 2.24) is 9.88 Å². The summed E-state index contributed by atoms with van der Waals surface area (Å²) in [4.78, 5) is 23.1. The number of aromatic carboxylic acids is 1. The molecule has 0 radical (unpaired) electrons. The quantitative estimate of drug-likeness (QED) is 0.150. The maximum Gasteiger partial charge on any atom is 0.335 e. The van der Waals surface area contributed by atoms with E-state index in [1.165, 1.54) is 42.1 Å². The number of carbonyl (C=O) groups is 1. The molecule has 1 N–H and O–H groups in total. The van der Waals surface area contributed by atoms with Crippen LogP contribution in [0.1, 0.15) is 27.0 Å². The molecule has 0 aliphatic carbocycles. The van der Waals surface area contributed by atoms with Gasteiger partial charge in [-0.05, 0) is 60.2 Å². The Bertz CT molecular complexity index is 2050. The van der Waals surface area contributed by atoms with E-state index < -0.39 is 29.2 Å². The first kappa shape index (κ1) is 32.0. The van der Waals surface area contributed by atoms with E-state index in [4.69, 9.17) is 14.2 Å². The maximum atomic E-state index is 16.0. The van der Waals surface area contributed by atoms with Crippen LogP contribution in [0, 0.1) is 23.0 Å². The third-order valence-corrected chi connectivity index (χ3v) is 8.21. The van der Waals surface area contributed by atoms with Crippen molar-refractivity contribution in [3.05, 3.63) is 131 Å². The lowest BCUT2D eigenvalue weighted by Gasteiger charge is -2.19. The van der Waals surface area contributed by atoms with Gasteiger partial charge in [-0.1, -0.05) is 42.1 Å². The number of carboxylic acids is 1. The highest BCUT2D eigenvalue weighted by Crippen LogP contribution is 2.40. The van der Waals surface area contributed by atoms with E-state index in [0.717, 1.165) is 21.6 Å². The van der Waals surface area contributed by atoms with Crippen molar-refractivity contribution in [3.63, 3.8) is 0 Å². The van der Waals surface area contributed by atoms with Crippen molar-refractivity contribution < 1.29 is 32.9 Å². The van der Waals surface area contributed by atoms with Crippen LogP contribution >= 0.6 is 11.8 Å². The third-order valence-electron chi connectivity index (χ3n) is 7.22. The molecular formula is C36H26F2N4O5S. The minimum Gasteiger partial charge on any atom is -0.485 e. The predicted molar refractivity (Wildman–Crippen MR) is 174 cm³/mol. The standard InChI is InChI=1S/C36H26F2N4O5S/c1-42-16-15-40-34(42)27-18-26(48-25-10-8-24(9-11-25)36(43)44)12-14-29(27)46-33-28(37)20-41-35(32(33)38)47-31-17-23(19-39)7-13-30(31)45-21-22-5-3-2-4-6-22/h2-14,17-18,20H,15-16,21H2,1H3,(H,43,44). The summed E-state index contributed by atoms with van der Waals surface area (Å²) in [6.45, 7) is 1.36. The second-order valence-corrected chi connectivity index (χ2v) is 11.7. The molecule has 0 fully saturated rings. The normalized spacial score (nSPS) is 12.3. The summed E-state index contributed by atoms with van der Waals surface area (Å²) in [5.41, 5.74) is 1.78. The monoisotopic (exact) mass is 664 g/mol. The number of pyridine rings is 1. The van der Waals surface area contributed by atoms with Gasteiger partial charge < -0.3 is 24.2 Å². The number of ether oxygens (including phenoxy) is 3. The first-order chi connectivity index (χ1) is 23.3. The van der Waals surface area contributed by atoms with E-state index in [2.05, 4.69) is 9.98 Å². The molecule has 240 valence electrons. The number of aromatic nitrogens is 1. The summed E-state index contributed by atoms with van der Waals surface area (Å²) >= 11 is 1.38. The Balaban J connectivity index is 1.30. The summed E-state index contributed by atoms with van der Waals surface area (Å²) in [5.74, 6) is -3.65. The van der Waals surface area contributed by atoms with E-state index in [0.29, 0.717) is 24.5 Å². The minimum atomic E-state index is -1.20. The van der Waals surface area contributed by atoms with Crippen LogP contribution in [0.3, 0.4) is 0 Å². The molecule has 5 aromatic rings. The van der Waals surface area contributed by atoms with E-state index in [9.17, 15) is 15.2 Å². The largest absolute Gasteiger partial charge is 0.485 e. The van der Waals surface area contributed by atoms with Crippen molar-refractivity contribution in [2.24, 2.45) is 4.99 Å². The number of amidine groups is 1. The van der Waals surface area contributed by atoms with E-state index >= 15 is 8.78 Å². The third kappa shape index (κ3) is 7.22. The Morgan fingerprint density at radius 3 is 2.42 bits per heavy atom. The van der Waals surface area contributed by atoms with Crippen molar-refractivity contribution >= 4 is 23.6 Å². The summed E-state index contributed by atoms with van der Waals surface area (Å²) in [5, 5.41) is 18.7. The zero-order valence-corrected chi connectivity index (χ0v) is 26.2. The van der Waals surface area contributed by atoms with Crippen molar-refractivity contribution in [1.29, 1.82) is 5.26 Å². The average Bonchev–Trinajstić information content (AvgIpc) is 3.53. The number of hydrogen-bond acceptors (Lipinski definition) is 9. The van der Waals surface area contributed by atoms with E-state index in [1.54, 1.807) is 30.3 Å². The predicted octanol–water partition coefficient (Wildman–Crippen LogP) is 7.94. The Morgan fingerprint density at radius 1 is 0.958 bits per heavy atom. The minimum absolute atomic E-state index is 0.00864. The molecule has 4 aromatic carbocycles. The Labute approximate surface area is 278 Å². The first-order valence-electron chi connectivity index (χ1n) is 14.6. The number of aliphatic imine (C=N–C) groups is 1. The molecule has 0 saturated carbocycles. The topological polar surface area (TPSA) is 117 Å². The zero-order chi connectivity index (χ0) is 33.6. The van der Waals surface area contributed by atoms with Crippen LogP contribution in [0.25, 0.3) is 0 Å². The molecule has 1 aliphatic rings. The number of nitrogens with zero attached hydrogens (tertiary/aromatic N) is 4. The molecule has 0 saturated heterocycles. The van der Waals surface area contributed by atoms with Crippen LogP contribution in [-0.4, -0.2) is 46.9 Å². The molecule has 1 aliphatic heterocycles. The highest BCUT2D eigenvalue weighted by atomic mass is 32.2. The number of rotatable bonds is 11. The molecule has 0 amide bonds. The van der Waals surface area contributed by atoms with Crippen LogP contribution in [0.4, 0.5) is 8.78 Å². The molecule has 0 bridgehead atoms. The molecule has 2 heterocycles. The lowest BCUT2D eigenvalue weighted by atomic mass is 10.1. The van der Waals surface area contributed by atoms with Gasteiger partial charge >= 0.3 is 5.97 Å². The van der Waals surface area contributed by atoms with Gasteiger partial charge in [0.15, 0.2) is 17.3 Å². The molecule has 0 spiro atoms. The fraction of sp³-hybridized carbons (Fsp3) is 0.111. The summed E-state index contributed by atoms with van der Waals surface area (Å²) in [6, 6.07) is 27.4. The van der Waals surface area contributed by atoms with Gasteiger partial charge in [-0.3, -0.25) is 4.99 Å². The number of halogens is 2. The van der Waals surface area contributed by atoms with Crippen LogP contribution in [-0.2, 0) is 6.61 Å². The number of carboxylic acid groups (broad SMARTS) is 1. The van der Waals surface area contributed by atoms with Crippen LogP contribution in [0.5, 0.6) is 28.9 Å². The Morgan fingerprint density at radius 2 is 1.71 bits per heavy atom. The van der Waals surface area contributed by atoms with Crippen molar-refractivity contribution in [3.8, 4) is 34.9 Å². The SMILES string of the molecule is CN1CCN=C1c1cc(Sc2ccc(C(=O)O)cc2)ccc1Oc1c(F)cnc(Oc2cc(C#N)ccc2OCc2ccccc2)c1F. The molecular weight excluding hydrogens is 638 g/mol. The zero-order valence-electron chi connectivity index (χ0n) is 25.4. The van der Waals surface area contributed by atoms with Gasteiger partial charge in [0.2, 0.25) is 11.6 Å². The fourth-order valence-electron chi connectivity index (χ4n) is 4.78.